The van der Waals surface area contributed by atoms with Gasteiger partial charge in [0.1, 0.15) is 0 Å². The fourth-order valence-electron chi connectivity index (χ4n) is 9.64. The molecule has 2 heterocycles. The first kappa shape index (κ1) is 49.8. The van der Waals surface area contributed by atoms with Gasteiger partial charge in [-0.2, -0.15) is 13.2 Å². The van der Waals surface area contributed by atoms with Crippen molar-refractivity contribution in [2.24, 2.45) is 11.8 Å². The molecule has 1 atom stereocenters. The third kappa shape index (κ3) is 13.9. The van der Waals surface area contributed by atoms with Crippen molar-refractivity contribution in [3.8, 4) is 22.5 Å². The van der Waals surface area contributed by atoms with E-state index in [9.17, 15) is 23.1 Å². The summed E-state index contributed by atoms with van der Waals surface area (Å²) in [7, 11) is 0. The average molecular weight is 1060 g/mol. The molecule has 0 amide bonds. The number of halogens is 3. The minimum Gasteiger partial charge on any atom is -0.512 e. The zero-order valence-corrected chi connectivity index (χ0v) is 41.5. The molecule has 0 spiro atoms. The Kier molecular flexibility index (Phi) is 18.1. The van der Waals surface area contributed by atoms with Gasteiger partial charge in [0.05, 0.1) is 13.6 Å². The number of rotatable bonds is 11. The molecule has 1 radical (unpaired) electrons. The van der Waals surface area contributed by atoms with Crippen LogP contribution in [0.15, 0.2) is 97.0 Å². The maximum Gasteiger partial charge on any atom is 0.389 e. The molecule has 1 unspecified atom stereocenters. The molecule has 0 aliphatic heterocycles. The molecular formula is C57H65F3IrN2O2-2. The monoisotopic (exact) mass is 1060 g/mol. The van der Waals surface area contributed by atoms with Gasteiger partial charge < -0.3 is 15.1 Å². The Hall–Kier alpha value is -4.65. The molecule has 2 saturated carbocycles. The van der Waals surface area contributed by atoms with Gasteiger partial charge in [-0.3, -0.25) is 4.79 Å². The van der Waals surface area contributed by atoms with Crippen LogP contribution in [0.5, 0.6) is 0 Å². The SMILES string of the molecule is CCC(CC)C(=O)/C=C(\O)C(CC)CC(F)(F)F.Cc1[c-]c(-c2nccc3cc(C4CCCC4)ccc23)cc(C)c1.[2H]c1cc2cc(C3CCCC3)ccc2c(-c2[c-]c(C)cc(C)c2)n1.[Ir]. The van der Waals surface area contributed by atoms with Crippen LogP contribution in [-0.4, -0.2) is 27.0 Å². The van der Waals surface area contributed by atoms with Crippen molar-refractivity contribution >= 4 is 27.3 Å². The minimum atomic E-state index is -4.33. The van der Waals surface area contributed by atoms with E-state index in [0.29, 0.717) is 24.9 Å². The predicted molar refractivity (Wildman–Crippen MR) is 258 cm³/mol. The fourth-order valence-corrected chi connectivity index (χ4v) is 9.64. The number of nitrogens with zero attached hydrogens (tertiary/aromatic N) is 2. The van der Waals surface area contributed by atoms with Crippen LogP contribution in [0.25, 0.3) is 44.1 Å². The second-order valence-corrected chi connectivity index (χ2v) is 18.1. The van der Waals surface area contributed by atoms with Crippen LogP contribution in [0, 0.1) is 51.7 Å². The van der Waals surface area contributed by atoms with E-state index in [0.717, 1.165) is 50.8 Å². The van der Waals surface area contributed by atoms with Gasteiger partial charge in [0.25, 0.3) is 0 Å². The van der Waals surface area contributed by atoms with Gasteiger partial charge in [-0.1, -0.05) is 111 Å². The Morgan fingerprint density at radius 1 is 0.708 bits per heavy atom. The Bertz CT molecular complexity index is 2570. The maximum atomic E-state index is 12.3. The van der Waals surface area contributed by atoms with E-state index >= 15 is 0 Å². The number of pyridine rings is 2. The normalized spacial score (nSPS) is 15.2. The molecule has 347 valence electrons. The molecule has 2 fully saturated rings. The molecule has 0 bridgehead atoms. The Morgan fingerprint density at radius 3 is 1.62 bits per heavy atom. The van der Waals surface area contributed by atoms with Crippen molar-refractivity contribution in [2.45, 2.75) is 144 Å². The van der Waals surface area contributed by atoms with Gasteiger partial charge >= 0.3 is 6.18 Å². The number of aromatic nitrogens is 2. The predicted octanol–water partition coefficient (Wildman–Crippen LogP) is 16.4. The number of hydrogen-bond donors (Lipinski definition) is 1. The van der Waals surface area contributed by atoms with Gasteiger partial charge in [0.15, 0.2) is 5.78 Å². The summed E-state index contributed by atoms with van der Waals surface area (Å²) < 4.78 is 44.9. The molecule has 65 heavy (non-hydrogen) atoms. The molecule has 6 aromatic rings. The Balaban J connectivity index is 0.000000187. The Labute approximate surface area is 400 Å². The second-order valence-electron chi connectivity index (χ2n) is 18.1. The first-order valence-corrected chi connectivity index (χ1v) is 23.4. The van der Waals surface area contributed by atoms with E-state index in [-0.39, 0.29) is 38.2 Å². The Morgan fingerprint density at radius 2 is 1.17 bits per heavy atom. The van der Waals surface area contributed by atoms with Crippen molar-refractivity contribution in [3.05, 3.63) is 143 Å². The molecule has 4 nitrogen and oxygen atoms in total. The number of carbonyl (C=O) groups excluding carboxylic acids is 1. The topological polar surface area (TPSA) is 63.1 Å². The van der Waals surface area contributed by atoms with Crippen molar-refractivity contribution in [3.63, 3.8) is 0 Å². The molecule has 8 rings (SSSR count). The average Bonchev–Trinajstić information content (AvgIpc) is 4.01. The summed E-state index contributed by atoms with van der Waals surface area (Å²) in [6.07, 6.45) is 9.89. The first-order valence-electron chi connectivity index (χ1n) is 23.9. The number of fused-ring (bicyclic) bond motifs is 2. The molecule has 0 saturated heterocycles. The third-order valence-electron chi connectivity index (χ3n) is 13.0. The summed E-state index contributed by atoms with van der Waals surface area (Å²) >= 11 is 0. The van der Waals surface area contributed by atoms with Gasteiger partial charge in [-0.05, 0) is 113 Å². The number of aryl methyl sites for hydroxylation is 4. The number of hydrogen-bond acceptors (Lipinski definition) is 4. The second kappa shape index (κ2) is 23.7. The van der Waals surface area contributed by atoms with Gasteiger partial charge in [-0.25, -0.2) is 0 Å². The molecule has 2 aliphatic carbocycles. The van der Waals surface area contributed by atoms with Crippen LogP contribution < -0.4 is 0 Å². The molecule has 2 aliphatic rings. The zero-order chi connectivity index (χ0) is 46.8. The number of carbonyl (C=O) groups is 1. The first-order chi connectivity index (χ1) is 31.0. The van der Waals surface area contributed by atoms with Crippen LogP contribution in [0.1, 0.15) is 144 Å². The summed E-state index contributed by atoms with van der Waals surface area (Å²) in [6, 6.07) is 33.1. The number of allylic oxidation sites excluding steroid dienone is 2. The molecule has 4 aromatic carbocycles. The summed E-state index contributed by atoms with van der Waals surface area (Å²) in [5.41, 5.74) is 11.7. The van der Waals surface area contributed by atoms with Crippen LogP contribution in [-0.2, 0) is 24.9 Å². The number of aliphatic hydroxyl groups is 1. The van der Waals surface area contributed by atoms with Crippen LogP contribution in [0.2, 0.25) is 0 Å². The van der Waals surface area contributed by atoms with Crippen LogP contribution in [0.4, 0.5) is 13.2 Å². The van der Waals surface area contributed by atoms with Crippen molar-refractivity contribution in [2.75, 3.05) is 0 Å². The van der Waals surface area contributed by atoms with Crippen LogP contribution >= 0.6 is 0 Å². The third-order valence-corrected chi connectivity index (χ3v) is 13.0. The molecule has 1 N–H and O–H groups in total. The van der Waals surface area contributed by atoms with E-state index in [1.165, 1.54) is 90.0 Å². The van der Waals surface area contributed by atoms with Gasteiger partial charge in [-0.15, -0.1) is 69.8 Å². The largest absolute Gasteiger partial charge is 0.512 e. The summed E-state index contributed by atoms with van der Waals surface area (Å²) in [5.74, 6) is -0.555. The van der Waals surface area contributed by atoms with Crippen molar-refractivity contribution in [1.29, 1.82) is 0 Å². The summed E-state index contributed by atoms with van der Waals surface area (Å²) in [4.78, 5) is 20.9. The van der Waals surface area contributed by atoms with Crippen molar-refractivity contribution < 1.29 is 44.5 Å². The molecular weight excluding hydrogens is 994 g/mol. The number of aliphatic hydroxyl groups excluding tert-OH is 1. The standard InChI is InChI=1S/2C22H22N.C13H21F3O2.Ir/c2*1-15-11-16(2)13-20(12-15)22-21-8-7-18(17-5-3-4-6-17)14-19(21)9-10-23-22;1-4-9(5-2)11(17)7-12(18)10(6-3)8-13(14,15)16;/h2*7-12,14,17H,3-6H2,1-2H3;7,9-10,18H,4-6,8H2,1-3H3;/q2*-1;;/b;;12-7-;/i10D;;;. The van der Waals surface area contributed by atoms with E-state index < -0.39 is 24.3 Å². The summed E-state index contributed by atoms with van der Waals surface area (Å²) in [5, 5.41) is 14.4. The molecule has 2 aromatic heterocycles. The van der Waals surface area contributed by atoms with Crippen molar-refractivity contribution in [1.82, 2.24) is 9.97 Å². The van der Waals surface area contributed by atoms with E-state index in [4.69, 9.17) is 1.37 Å². The van der Waals surface area contributed by atoms with Gasteiger partial charge in [0.2, 0.25) is 0 Å². The van der Waals surface area contributed by atoms with E-state index in [1.54, 1.807) is 6.92 Å². The number of benzene rings is 4. The quantitative estimate of drug-likeness (QED) is 0.0798. The van der Waals surface area contributed by atoms with E-state index in [1.807, 2.05) is 26.1 Å². The number of ketones is 1. The van der Waals surface area contributed by atoms with Gasteiger partial charge in [0, 0.05) is 50.4 Å². The number of alkyl halides is 3. The minimum absolute atomic E-state index is 0. The zero-order valence-electron chi connectivity index (χ0n) is 40.1. The maximum absolute atomic E-state index is 12.3. The summed E-state index contributed by atoms with van der Waals surface area (Å²) in [6.45, 7) is 13.6. The van der Waals surface area contributed by atoms with E-state index in [2.05, 4.69) is 117 Å². The molecule has 8 heteroatoms. The fraction of sp³-hybridized carbons (Fsp3) is 0.421. The smallest absolute Gasteiger partial charge is 0.389 e. The van der Waals surface area contributed by atoms with Crippen LogP contribution in [0.3, 0.4) is 0 Å².